The third-order valence-electron chi connectivity index (χ3n) is 3.00. The largest absolute Gasteiger partial charge is 0.486 e. The Balaban J connectivity index is 1.57. The van der Waals surface area contributed by atoms with Crippen molar-refractivity contribution < 1.29 is 14.3 Å². The van der Waals surface area contributed by atoms with E-state index in [0.29, 0.717) is 48.4 Å². The maximum atomic E-state index is 11.9. The first kappa shape index (κ1) is 13.7. The number of aryl methyl sites for hydroxylation is 1. The van der Waals surface area contributed by atoms with Gasteiger partial charge in [-0.15, -0.1) is 11.3 Å². The third-order valence-corrected chi connectivity index (χ3v) is 3.73. The summed E-state index contributed by atoms with van der Waals surface area (Å²) in [6.45, 7) is 1.07. The van der Waals surface area contributed by atoms with Gasteiger partial charge in [-0.1, -0.05) is 0 Å². The number of nitrogens with two attached hydrogens (primary N) is 1. The minimum absolute atomic E-state index is 0.0711. The van der Waals surface area contributed by atoms with Crippen molar-refractivity contribution in [1.29, 1.82) is 0 Å². The van der Waals surface area contributed by atoms with Gasteiger partial charge in [0.2, 0.25) is 5.91 Å². The molecule has 0 spiro atoms. The molecule has 0 aliphatic carbocycles. The van der Waals surface area contributed by atoms with Crippen LogP contribution in [0.5, 0.6) is 11.5 Å². The van der Waals surface area contributed by atoms with Crippen LogP contribution in [-0.2, 0) is 11.2 Å². The molecule has 110 valence electrons. The summed E-state index contributed by atoms with van der Waals surface area (Å²) < 4.78 is 10.9. The van der Waals surface area contributed by atoms with Crippen molar-refractivity contribution in [3.8, 4) is 11.5 Å². The van der Waals surface area contributed by atoms with E-state index in [9.17, 15) is 4.79 Å². The van der Waals surface area contributed by atoms with Gasteiger partial charge in [0.25, 0.3) is 0 Å². The van der Waals surface area contributed by atoms with Gasteiger partial charge in [-0.3, -0.25) is 4.79 Å². The van der Waals surface area contributed by atoms with Crippen molar-refractivity contribution in [1.82, 2.24) is 4.98 Å². The number of benzene rings is 1. The molecule has 3 rings (SSSR count). The first-order valence-electron chi connectivity index (χ1n) is 6.60. The van der Waals surface area contributed by atoms with Gasteiger partial charge in [-0.25, -0.2) is 4.98 Å². The molecule has 1 aliphatic rings. The molecule has 1 aliphatic heterocycles. The molecule has 7 heteroatoms. The lowest BCUT2D eigenvalue weighted by molar-refractivity contribution is -0.116. The molecule has 0 saturated heterocycles. The number of hydrogen-bond acceptors (Lipinski definition) is 6. The Morgan fingerprint density at radius 3 is 2.90 bits per heavy atom. The highest BCUT2D eigenvalue weighted by Crippen LogP contribution is 2.32. The van der Waals surface area contributed by atoms with Crippen LogP contribution in [0.2, 0.25) is 0 Å². The van der Waals surface area contributed by atoms with Gasteiger partial charge < -0.3 is 20.5 Å². The Hall–Kier alpha value is -2.28. The van der Waals surface area contributed by atoms with E-state index >= 15 is 0 Å². The van der Waals surface area contributed by atoms with Gasteiger partial charge in [0.15, 0.2) is 16.6 Å². The number of carbonyl (C=O) groups excluding carboxylic acids is 1. The zero-order chi connectivity index (χ0) is 14.7. The topological polar surface area (TPSA) is 86.5 Å². The van der Waals surface area contributed by atoms with E-state index in [4.69, 9.17) is 15.2 Å². The summed E-state index contributed by atoms with van der Waals surface area (Å²) in [4.78, 5) is 16.0. The van der Waals surface area contributed by atoms with E-state index in [1.807, 2.05) is 5.38 Å². The first-order chi connectivity index (χ1) is 10.2. The van der Waals surface area contributed by atoms with Crippen LogP contribution in [0.4, 0.5) is 10.8 Å². The Labute approximate surface area is 125 Å². The van der Waals surface area contributed by atoms with Crippen LogP contribution in [0.15, 0.2) is 23.6 Å². The maximum Gasteiger partial charge on any atom is 0.224 e. The summed E-state index contributed by atoms with van der Waals surface area (Å²) in [6.07, 6.45) is 0.932. The summed E-state index contributed by atoms with van der Waals surface area (Å²) in [5.74, 6) is 1.29. The zero-order valence-corrected chi connectivity index (χ0v) is 12.1. The van der Waals surface area contributed by atoms with Crippen molar-refractivity contribution in [2.45, 2.75) is 12.8 Å². The molecule has 1 aromatic carbocycles. The quantitative estimate of drug-likeness (QED) is 0.903. The fourth-order valence-corrected chi connectivity index (χ4v) is 2.62. The van der Waals surface area contributed by atoms with E-state index in [1.165, 1.54) is 11.3 Å². The highest BCUT2D eigenvalue weighted by Gasteiger charge is 2.13. The summed E-state index contributed by atoms with van der Waals surface area (Å²) in [5.41, 5.74) is 7.09. The molecule has 0 bridgehead atoms. The number of hydrogen-bond donors (Lipinski definition) is 2. The van der Waals surface area contributed by atoms with E-state index in [1.54, 1.807) is 18.2 Å². The van der Waals surface area contributed by atoms with E-state index in [2.05, 4.69) is 10.3 Å². The van der Waals surface area contributed by atoms with Gasteiger partial charge in [-0.05, 0) is 18.6 Å². The number of ether oxygens (including phenoxy) is 2. The van der Waals surface area contributed by atoms with Crippen LogP contribution < -0.4 is 20.5 Å². The number of rotatable bonds is 4. The number of carbonyl (C=O) groups is 1. The van der Waals surface area contributed by atoms with Crippen LogP contribution in [-0.4, -0.2) is 24.1 Å². The van der Waals surface area contributed by atoms with Crippen molar-refractivity contribution in [2.75, 3.05) is 24.3 Å². The molecule has 0 radical (unpaired) electrons. The van der Waals surface area contributed by atoms with Crippen LogP contribution in [0.1, 0.15) is 12.1 Å². The van der Waals surface area contributed by atoms with E-state index < -0.39 is 0 Å². The molecule has 21 heavy (non-hydrogen) atoms. The van der Waals surface area contributed by atoms with E-state index in [0.717, 1.165) is 5.69 Å². The average Bonchev–Trinajstić information content (AvgIpc) is 2.91. The number of anilines is 2. The number of amides is 1. The van der Waals surface area contributed by atoms with Gasteiger partial charge in [-0.2, -0.15) is 0 Å². The number of nitrogens with one attached hydrogen (secondary N) is 1. The monoisotopic (exact) mass is 305 g/mol. The standard InChI is InChI=1S/C14H15N3O3S/c15-14-17-10(8-21-14)2-4-13(18)16-9-1-3-11-12(7-9)20-6-5-19-11/h1,3,7-8H,2,4-6H2,(H2,15,17)(H,16,18). The predicted octanol–water partition coefficient (Wildman–Crippen LogP) is 2.07. The summed E-state index contributed by atoms with van der Waals surface area (Å²) >= 11 is 1.38. The molecular weight excluding hydrogens is 290 g/mol. The lowest BCUT2D eigenvalue weighted by Crippen LogP contribution is -2.16. The van der Waals surface area contributed by atoms with E-state index in [-0.39, 0.29) is 5.91 Å². The lowest BCUT2D eigenvalue weighted by Gasteiger charge is -2.19. The van der Waals surface area contributed by atoms with Crippen molar-refractivity contribution in [3.05, 3.63) is 29.3 Å². The van der Waals surface area contributed by atoms with Crippen LogP contribution >= 0.6 is 11.3 Å². The maximum absolute atomic E-state index is 11.9. The molecule has 1 aromatic heterocycles. The number of thiazole rings is 1. The summed E-state index contributed by atoms with van der Waals surface area (Å²) in [7, 11) is 0. The van der Waals surface area contributed by atoms with Gasteiger partial charge in [0, 0.05) is 23.6 Å². The minimum atomic E-state index is -0.0711. The second kappa shape index (κ2) is 6.01. The van der Waals surface area contributed by atoms with Gasteiger partial charge >= 0.3 is 0 Å². The first-order valence-corrected chi connectivity index (χ1v) is 7.48. The van der Waals surface area contributed by atoms with Gasteiger partial charge in [0.05, 0.1) is 5.69 Å². The highest BCUT2D eigenvalue weighted by molar-refractivity contribution is 7.13. The Morgan fingerprint density at radius 1 is 1.33 bits per heavy atom. The molecule has 6 nitrogen and oxygen atoms in total. The fraction of sp³-hybridized carbons (Fsp3) is 0.286. The van der Waals surface area contributed by atoms with Crippen LogP contribution in [0.3, 0.4) is 0 Å². The smallest absolute Gasteiger partial charge is 0.224 e. The Bertz CT molecular complexity index is 657. The zero-order valence-electron chi connectivity index (χ0n) is 11.3. The lowest BCUT2D eigenvalue weighted by atomic mass is 10.2. The molecular formula is C14H15N3O3S. The molecule has 2 heterocycles. The molecule has 0 atom stereocenters. The normalized spacial score (nSPS) is 13.0. The van der Waals surface area contributed by atoms with Gasteiger partial charge in [0.1, 0.15) is 13.2 Å². The third kappa shape index (κ3) is 3.43. The van der Waals surface area contributed by atoms with Crippen molar-refractivity contribution in [2.24, 2.45) is 0 Å². The molecule has 2 aromatic rings. The number of aromatic nitrogens is 1. The number of fused-ring (bicyclic) bond motifs is 1. The predicted molar refractivity (Wildman–Crippen MR) is 80.9 cm³/mol. The SMILES string of the molecule is Nc1nc(CCC(=O)Nc2ccc3c(c2)OCCO3)cs1. The molecule has 0 fully saturated rings. The molecule has 1 amide bonds. The highest BCUT2D eigenvalue weighted by atomic mass is 32.1. The minimum Gasteiger partial charge on any atom is -0.486 e. The second-order valence-electron chi connectivity index (χ2n) is 4.58. The Kier molecular flexibility index (Phi) is 3.92. The Morgan fingerprint density at radius 2 is 2.14 bits per heavy atom. The fourth-order valence-electron chi connectivity index (χ4n) is 2.02. The second-order valence-corrected chi connectivity index (χ2v) is 5.47. The number of nitrogen functional groups attached to an aromatic ring is 1. The molecule has 0 saturated carbocycles. The number of nitrogens with zero attached hydrogens (tertiary/aromatic N) is 1. The van der Waals surface area contributed by atoms with Crippen molar-refractivity contribution >= 4 is 28.1 Å². The molecule has 0 unspecified atom stereocenters. The summed E-state index contributed by atoms with van der Waals surface area (Å²) in [6, 6.07) is 5.37. The molecule has 3 N–H and O–H groups in total. The summed E-state index contributed by atoms with van der Waals surface area (Å²) in [5, 5.41) is 5.23. The average molecular weight is 305 g/mol. The van der Waals surface area contributed by atoms with Crippen LogP contribution in [0, 0.1) is 0 Å². The van der Waals surface area contributed by atoms with Crippen molar-refractivity contribution in [3.63, 3.8) is 0 Å². The van der Waals surface area contributed by atoms with Crippen LogP contribution in [0.25, 0.3) is 0 Å².